The third kappa shape index (κ3) is 5.91. The average molecular weight is 527 g/mol. The van der Waals surface area contributed by atoms with Gasteiger partial charge in [-0.25, -0.2) is 4.79 Å². The van der Waals surface area contributed by atoms with Gasteiger partial charge in [-0.3, -0.25) is 9.67 Å². The standard InChI is InChI=1S/C24H21BrClN5O2/c1-31-23(21(25)15-28-31)20-14-19(30-24(32)29-18-4-2-17(26)3-5-18)6-7-22(20)33-13-10-16-8-11-27-12-9-16/h2-9,11-12,14-15H,10,13H2,1H3,(H2,29,30,32). The normalized spacial score (nSPS) is 10.6. The summed E-state index contributed by atoms with van der Waals surface area (Å²) in [7, 11) is 1.86. The Hall–Kier alpha value is -3.36. The zero-order chi connectivity index (χ0) is 23.2. The molecule has 0 spiro atoms. The monoisotopic (exact) mass is 525 g/mol. The molecule has 9 heteroatoms. The van der Waals surface area contributed by atoms with Crippen LogP contribution in [0.15, 0.2) is 77.7 Å². The Morgan fingerprint density at radius 1 is 1.06 bits per heavy atom. The second kappa shape index (κ2) is 10.5. The van der Waals surface area contributed by atoms with Gasteiger partial charge in [0.2, 0.25) is 0 Å². The number of hydrogen-bond donors (Lipinski definition) is 2. The highest BCUT2D eigenvalue weighted by Gasteiger charge is 2.16. The summed E-state index contributed by atoms with van der Waals surface area (Å²) in [5, 5.41) is 10.6. The molecular formula is C24H21BrClN5O2. The molecule has 0 atom stereocenters. The van der Waals surface area contributed by atoms with Gasteiger partial charge in [-0.2, -0.15) is 5.10 Å². The van der Waals surface area contributed by atoms with Gasteiger partial charge in [0.25, 0.3) is 0 Å². The fraction of sp³-hybridized carbons (Fsp3) is 0.125. The van der Waals surface area contributed by atoms with E-state index in [-0.39, 0.29) is 6.03 Å². The van der Waals surface area contributed by atoms with Crippen LogP contribution in [0.2, 0.25) is 5.02 Å². The quantitative estimate of drug-likeness (QED) is 0.302. The topological polar surface area (TPSA) is 81.1 Å². The lowest BCUT2D eigenvalue weighted by atomic mass is 10.1. The number of urea groups is 1. The van der Waals surface area contributed by atoms with Crippen LogP contribution in [0, 0.1) is 0 Å². The van der Waals surface area contributed by atoms with E-state index in [0.29, 0.717) is 28.8 Å². The first-order valence-electron chi connectivity index (χ1n) is 10.2. The number of aromatic nitrogens is 3. The number of pyridine rings is 1. The zero-order valence-corrected chi connectivity index (χ0v) is 20.1. The smallest absolute Gasteiger partial charge is 0.323 e. The summed E-state index contributed by atoms with van der Waals surface area (Å²) in [6.07, 6.45) is 6.01. The van der Waals surface area contributed by atoms with Crippen LogP contribution in [0.25, 0.3) is 11.3 Å². The Morgan fingerprint density at radius 3 is 2.45 bits per heavy atom. The molecule has 0 fully saturated rings. The number of nitrogens with one attached hydrogen (secondary N) is 2. The van der Waals surface area contributed by atoms with E-state index in [1.165, 1.54) is 0 Å². The fourth-order valence-electron chi connectivity index (χ4n) is 3.29. The summed E-state index contributed by atoms with van der Waals surface area (Å²) < 4.78 is 8.70. The number of halogens is 2. The largest absolute Gasteiger partial charge is 0.493 e. The first kappa shape index (κ1) is 22.8. The number of rotatable bonds is 7. The summed E-state index contributed by atoms with van der Waals surface area (Å²) in [4.78, 5) is 16.5. The van der Waals surface area contributed by atoms with Crippen molar-refractivity contribution >= 4 is 44.9 Å². The maximum absolute atomic E-state index is 12.5. The Labute approximate surface area is 204 Å². The van der Waals surface area contributed by atoms with Crippen molar-refractivity contribution < 1.29 is 9.53 Å². The van der Waals surface area contributed by atoms with Crippen molar-refractivity contribution in [2.24, 2.45) is 7.05 Å². The summed E-state index contributed by atoms with van der Waals surface area (Å²) in [5.74, 6) is 0.692. The second-order valence-electron chi connectivity index (χ2n) is 7.22. The molecule has 2 N–H and O–H groups in total. The van der Waals surface area contributed by atoms with Gasteiger partial charge in [-0.15, -0.1) is 0 Å². The van der Waals surface area contributed by atoms with E-state index >= 15 is 0 Å². The van der Waals surface area contributed by atoms with E-state index in [4.69, 9.17) is 16.3 Å². The third-order valence-electron chi connectivity index (χ3n) is 4.89. The lowest BCUT2D eigenvalue weighted by Gasteiger charge is -2.15. The van der Waals surface area contributed by atoms with Crippen LogP contribution in [0.1, 0.15) is 5.56 Å². The second-order valence-corrected chi connectivity index (χ2v) is 8.51. The van der Waals surface area contributed by atoms with Crippen molar-refractivity contribution in [3.63, 3.8) is 0 Å². The van der Waals surface area contributed by atoms with Gasteiger partial charge in [-0.1, -0.05) is 11.6 Å². The highest BCUT2D eigenvalue weighted by atomic mass is 79.9. The van der Waals surface area contributed by atoms with E-state index in [2.05, 4.69) is 36.6 Å². The zero-order valence-electron chi connectivity index (χ0n) is 17.8. The lowest BCUT2D eigenvalue weighted by molar-refractivity contribution is 0.262. The molecule has 33 heavy (non-hydrogen) atoms. The number of anilines is 2. The van der Waals surface area contributed by atoms with Gasteiger partial charge in [0, 0.05) is 47.8 Å². The van der Waals surface area contributed by atoms with Crippen LogP contribution in [0.5, 0.6) is 5.75 Å². The number of amides is 2. The molecule has 2 aromatic carbocycles. The molecule has 0 aliphatic heterocycles. The van der Waals surface area contributed by atoms with Gasteiger partial charge in [-0.05, 0) is 76.1 Å². The van der Waals surface area contributed by atoms with Crippen LogP contribution < -0.4 is 15.4 Å². The van der Waals surface area contributed by atoms with Crippen molar-refractivity contribution in [2.75, 3.05) is 17.2 Å². The maximum Gasteiger partial charge on any atom is 0.323 e. The predicted molar refractivity (Wildman–Crippen MR) is 134 cm³/mol. The first-order chi connectivity index (χ1) is 16.0. The Bertz CT molecular complexity index is 1230. The molecule has 2 aromatic heterocycles. The SMILES string of the molecule is Cn1ncc(Br)c1-c1cc(NC(=O)Nc2ccc(Cl)cc2)ccc1OCCc1ccncc1. The molecular weight excluding hydrogens is 506 g/mol. The Morgan fingerprint density at radius 2 is 1.76 bits per heavy atom. The van der Waals surface area contributed by atoms with Crippen molar-refractivity contribution in [3.8, 4) is 17.0 Å². The van der Waals surface area contributed by atoms with E-state index in [0.717, 1.165) is 27.7 Å². The van der Waals surface area contributed by atoms with E-state index in [9.17, 15) is 4.79 Å². The van der Waals surface area contributed by atoms with Crippen LogP contribution >= 0.6 is 27.5 Å². The molecule has 2 heterocycles. The van der Waals surface area contributed by atoms with Gasteiger partial charge in [0.15, 0.2) is 0 Å². The van der Waals surface area contributed by atoms with Crippen LogP contribution in [-0.4, -0.2) is 27.4 Å². The summed E-state index contributed by atoms with van der Waals surface area (Å²) in [5.41, 5.74) is 4.05. The van der Waals surface area contributed by atoms with Gasteiger partial charge in [0.05, 0.1) is 23.0 Å². The minimum atomic E-state index is -0.362. The minimum absolute atomic E-state index is 0.362. The molecule has 0 aliphatic rings. The minimum Gasteiger partial charge on any atom is -0.493 e. The van der Waals surface area contributed by atoms with Crippen molar-refractivity contribution in [3.05, 3.63) is 88.2 Å². The molecule has 0 saturated carbocycles. The first-order valence-corrected chi connectivity index (χ1v) is 11.3. The highest BCUT2D eigenvalue weighted by Crippen LogP contribution is 2.36. The summed E-state index contributed by atoms with van der Waals surface area (Å²) >= 11 is 9.46. The number of hydrogen-bond acceptors (Lipinski definition) is 4. The van der Waals surface area contributed by atoms with Crippen molar-refractivity contribution in [2.45, 2.75) is 6.42 Å². The van der Waals surface area contributed by atoms with Gasteiger partial charge in [0.1, 0.15) is 5.75 Å². The van der Waals surface area contributed by atoms with Crippen molar-refractivity contribution in [1.29, 1.82) is 0 Å². The molecule has 0 bridgehead atoms. The van der Waals surface area contributed by atoms with Crippen LogP contribution in [0.3, 0.4) is 0 Å². The predicted octanol–water partition coefficient (Wildman–Crippen LogP) is 6.16. The van der Waals surface area contributed by atoms with Gasteiger partial charge < -0.3 is 15.4 Å². The molecule has 0 radical (unpaired) electrons. The molecule has 4 rings (SSSR count). The van der Waals surface area contributed by atoms with Gasteiger partial charge >= 0.3 is 6.03 Å². The number of benzene rings is 2. The fourth-order valence-corrected chi connectivity index (χ4v) is 3.98. The molecule has 2 amide bonds. The third-order valence-corrected chi connectivity index (χ3v) is 5.72. The number of nitrogens with zero attached hydrogens (tertiary/aromatic N) is 3. The number of aryl methyl sites for hydroxylation is 1. The molecule has 7 nitrogen and oxygen atoms in total. The Kier molecular flexibility index (Phi) is 7.26. The molecule has 168 valence electrons. The molecule has 0 aliphatic carbocycles. The van der Waals surface area contributed by atoms with Crippen LogP contribution in [-0.2, 0) is 13.5 Å². The van der Waals surface area contributed by atoms with E-state index < -0.39 is 0 Å². The van der Waals surface area contributed by atoms with Crippen LogP contribution in [0.4, 0.5) is 16.2 Å². The van der Waals surface area contributed by atoms with E-state index in [1.807, 2.05) is 31.3 Å². The maximum atomic E-state index is 12.5. The average Bonchev–Trinajstić information content (AvgIpc) is 3.14. The van der Waals surface area contributed by atoms with Crippen molar-refractivity contribution in [1.82, 2.24) is 14.8 Å². The summed E-state index contributed by atoms with van der Waals surface area (Å²) in [6.45, 7) is 0.496. The molecule has 4 aromatic rings. The number of carbonyl (C=O) groups is 1. The number of carbonyl (C=O) groups excluding carboxylic acids is 1. The number of ether oxygens (including phenoxy) is 1. The molecule has 0 unspecified atom stereocenters. The van der Waals surface area contributed by atoms with E-state index in [1.54, 1.807) is 53.6 Å². The Balaban J connectivity index is 1.53. The summed E-state index contributed by atoms with van der Waals surface area (Å²) in [6, 6.07) is 16.0. The highest BCUT2D eigenvalue weighted by molar-refractivity contribution is 9.10. The molecule has 0 saturated heterocycles. The lowest BCUT2D eigenvalue weighted by Crippen LogP contribution is -2.19.